The lowest BCUT2D eigenvalue weighted by molar-refractivity contribution is -0.146. The highest BCUT2D eigenvalue weighted by atomic mass is 16.5. The Morgan fingerprint density at radius 1 is 1.62 bits per heavy atom. The zero-order chi connectivity index (χ0) is 12.4. The van der Waals surface area contributed by atoms with E-state index in [1.807, 2.05) is 6.92 Å². The maximum absolute atomic E-state index is 11.4. The Labute approximate surface area is 94.5 Å². The standard InChI is InChI=1S/C11H17NO4/c1-4-7-16-9(15)12-11(3,8(13)14)10(2)5-6-10/h4H,1,5-7H2,2-3H3,(H,12,15)(H,13,14). The van der Waals surface area contributed by atoms with E-state index in [0.717, 1.165) is 12.8 Å². The van der Waals surface area contributed by atoms with E-state index in [1.54, 1.807) is 0 Å². The van der Waals surface area contributed by atoms with Crippen LogP contribution >= 0.6 is 0 Å². The van der Waals surface area contributed by atoms with E-state index in [2.05, 4.69) is 11.9 Å². The summed E-state index contributed by atoms with van der Waals surface area (Å²) in [5, 5.41) is 11.6. The summed E-state index contributed by atoms with van der Waals surface area (Å²) in [4.78, 5) is 22.6. The van der Waals surface area contributed by atoms with Crippen molar-refractivity contribution in [3.63, 3.8) is 0 Å². The van der Waals surface area contributed by atoms with E-state index in [1.165, 1.54) is 13.0 Å². The molecule has 5 nitrogen and oxygen atoms in total. The number of ether oxygens (including phenoxy) is 1. The van der Waals surface area contributed by atoms with Crippen molar-refractivity contribution in [3.8, 4) is 0 Å². The second-order valence-electron chi connectivity index (χ2n) is 4.50. The molecule has 1 unspecified atom stereocenters. The second kappa shape index (κ2) is 4.15. The third-order valence-corrected chi connectivity index (χ3v) is 3.32. The Bertz CT molecular complexity index is 322. The van der Waals surface area contributed by atoms with Gasteiger partial charge in [0.1, 0.15) is 12.1 Å². The molecule has 0 bridgehead atoms. The van der Waals surface area contributed by atoms with E-state index >= 15 is 0 Å². The van der Waals surface area contributed by atoms with Crippen molar-refractivity contribution >= 4 is 12.1 Å². The molecule has 1 fully saturated rings. The number of carbonyl (C=O) groups is 2. The van der Waals surface area contributed by atoms with E-state index in [4.69, 9.17) is 4.74 Å². The van der Waals surface area contributed by atoms with Crippen LogP contribution in [0.1, 0.15) is 26.7 Å². The Balaban J connectivity index is 2.69. The molecule has 0 aromatic carbocycles. The quantitative estimate of drug-likeness (QED) is 0.698. The maximum atomic E-state index is 11.4. The number of carboxylic acids is 1. The highest BCUT2D eigenvalue weighted by Crippen LogP contribution is 2.53. The molecule has 0 spiro atoms. The largest absolute Gasteiger partial charge is 0.479 e. The first-order chi connectivity index (χ1) is 7.35. The van der Waals surface area contributed by atoms with Crippen LogP contribution in [0.4, 0.5) is 4.79 Å². The van der Waals surface area contributed by atoms with Crippen molar-refractivity contribution in [2.75, 3.05) is 6.61 Å². The molecule has 1 amide bonds. The van der Waals surface area contributed by atoms with Gasteiger partial charge in [-0.15, -0.1) is 0 Å². The van der Waals surface area contributed by atoms with Crippen molar-refractivity contribution in [1.29, 1.82) is 0 Å². The molecule has 1 aliphatic rings. The topological polar surface area (TPSA) is 75.6 Å². The maximum Gasteiger partial charge on any atom is 0.408 e. The van der Waals surface area contributed by atoms with E-state index < -0.39 is 17.6 Å². The van der Waals surface area contributed by atoms with Gasteiger partial charge in [-0.3, -0.25) is 0 Å². The molecular formula is C11H17NO4. The van der Waals surface area contributed by atoms with Crippen LogP contribution in [0.15, 0.2) is 12.7 Å². The van der Waals surface area contributed by atoms with Gasteiger partial charge in [0.05, 0.1) is 0 Å². The van der Waals surface area contributed by atoms with Crippen molar-refractivity contribution in [2.24, 2.45) is 5.41 Å². The lowest BCUT2D eigenvalue weighted by Crippen LogP contribution is -2.57. The van der Waals surface area contributed by atoms with Crippen molar-refractivity contribution in [2.45, 2.75) is 32.2 Å². The van der Waals surface area contributed by atoms with Crippen molar-refractivity contribution < 1.29 is 19.4 Å². The number of amides is 1. The van der Waals surface area contributed by atoms with Crippen LogP contribution in [-0.2, 0) is 9.53 Å². The van der Waals surface area contributed by atoms with Gasteiger partial charge in [-0.1, -0.05) is 19.6 Å². The average molecular weight is 227 g/mol. The monoisotopic (exact) mass is 227 g/mol. The summed E-state index contributed by atoms with van der Waals surface area (Å²) in [7, 11) is 0. The Morgan fingerprint density at radius 2 is 2.19 bits per heavy atom. The highest BCUT2D eigenvalue weighted by molar-refractivity contribution is 5.85. The number of carboxylic acid groups (broad SMARTS) is 1. The van der Waals surface area contributed by atoms with E-state index in [-0.39, 0.29) is 12.0 Å². The minimum Gasteiger partial charge on any atom is -0.479 e. The number of rotatable bonds is 5. The van der Waals surface area contributed by atoms with Gasteiger partial charge in [-0.2, -0.15) is 0 Å². The first-order valence-corrected chi connectivity index (χ1v) is 5.15. The molecule has 0 heterocycles. The fourth-order valence-corrected chi connectivity index (χ4v) is 1.52. The van der Waals surface area contributed by atoms with Gasteiger partial charge in [0.15, 0.2) is 0 Å². The molecule has 2 N–H and O–H groups in total. The van der Waals surface area contributed by atoms with Gasteiger partial charge in [0, 0.05) is 5.41 Å². The molecule has 0 aromatic heterocycles. The third kappa shape index (κ3) is 2.18. The fourth-order valence-electron chi connectivity index (χ4n) is 1.52. The average Bonchev–Trinajstić information content (AvgIpc) is 2.94. The molecule has 0 saturated heterocycles. The van der Waals surface area contributed by atoms with Crippen LogP contribution in [0.5, 0.6) is 0 Å². The molecule has 0 radical (unpaired) electrons. The molecule has 1 rings (SSSR count). The molecule has 16 heavy (non-hydrogen) atoms. The molecule has 0 aromatic rings. The van der Waals surface area contributed by atoms with Gasteiger partial charge < -0.3 is 15.2 Å². The third-order valence-electron chi connectivity index (χ3n) is 3.32. The molecule has 0 aliphatic heterocycles. The molecular weight excluding hydrogens is 210 g/mol. The van der Waals surface area contributed by atoms with Gasteiger partial charge in [-0.05, 0) is 19.8 Å². The lowest BCUT2D eigenvalue weighted by Gasteiger charge is -2.32. The predicted molar refractivity (Wildman–Crippen MR) is 58.1 cm³/mol. The highest BCUT2D eigenvalue weighted by Gasteiger charge is 2.58. The Kier molecular flexibility index (Phi) is 3.26. The zero-order valence-electron chi connectivity index (χ0n) is 9.58. The Hall–Kier alpha value is -1.52. The van der Waals surface area contributed by atoms with Crippen LogP contribution in [0.25, 0.3) is 0 Å². The molecule has 90 valence electrons. The normalized spacial score (nSPS) is 20.4. The number of alkyl carbamates (subject to hydrolysis) is 1. The summed E-state index contributed by atoms with van der Waals surface area (Å²) < 4.78 is 4.73. The van der Waals surface area contributed by atoms with Gasteiger partial charge in [0.2, 0.25) is 0 Å². The smallest absolute Gasteiger partial charge is 0.408 e. The minimum absolute atomic E-state index is 0.0677. The van der Waals surface area contributed by atoms with Gasteiger partial charge in [0.25, 0.3) is 0 Å². The van der Waals surface area contributed by atoms with E-state index in [9.17, 15) is 14.7 Å². The Morgan fingerprint density at radius 3 is 2.56 bits per heavy atom. The lowest BCUT2D eigenvalue weighted by atomic mass is 9.84. The SMILES string of the molecule is C=CCOC(=O)NC(C)(C(=O)O)C1(C)CC1. The molecule has 1 aliphatic carbocycles. The van der Waals surface area contributed by atoms with Crippen LogP contribution in [0.2, 0.25) is 0 Å². The van der Waals surface area contributed by atoms with Crippen LogP contribution in [0.3, 0.4) is 0 Å². The zero-order valence-corrected chi connectivity index (χ0v) is 9.58. The van der Waals surface area contributed by atoms with Gasteiger partial charge >= 0.3 is 12.1 Å². The van der Waals surface area contributed by atoms with E-state index in [0.29, 0.717) is 0 Å². The number of aliphatic carboxylic acids is 1. The summed E-state index contributed by atoms with van der Waals surface area (Å²) >= 11 is 0. The number of carbonyl (C=O) groups excluding carboxylic acids is 1. The summed E-state index contributed by atoms with van der Waals surface area (Å²) in [6, 6.07) is 0. The molecule has 1 atom stereocenters. The number of hydrogen-bond acceptors (Lipinski definition) is 3. The summed E-state index contributed by atoms with van der Waals surface area (Å²) in [6.45, 7) is 6.83. The van der Waals surface area contributed by atoms with Crippen LogP contribution in [-0.4, -0.2) is 29.3 Å². The number of nitrogens with one attached hydrogen (secondary N) is 1. The van der Waals surface area contributed by atoms with Crippen LogP contribution < -0.4 is 5.32 Å². The van der Waals surface area contributed by atoms with Crippen molar-refractivity contribution in [3.05, 3.63) is 12.7 Å². The first-order valence-electron chi connectivity index (χ1n) is 5.15. The predicted octanol–water partition coefficient (Wildman–Crippen LogP) is 1.54. The van der Waals surface area contributed by atoms with Gasteiger partial charge in [-0.25, -0.2) is 9.59 Å². The summed E-state index contributed by atoms with van der Waals surface area (Å²) in [5.41, 5.74) is -1.66. The number of hydrogen-bond donors (Lipinski definition) is 2. The van der Waals surface area contributed by atoms with Crippen molar-refractivity contribution in [1.82, 2.24) is 5.32 Å². The van der Waals surface area contributed by atoms with Crippen LogP contribution in [0, 0.1) is 5.41 Å². The second-order valence-corrected chi connectivity index (χ2v) is 4.50. The molecule has 1 saturated carbocycles. The fraction of sp³-hybridized carbons (Fsp3) is 0.636. The summed E-state index contributed by atoms with van der Waals surface area (Å²) in [6.07, 6.45) is 2.28. The summed E-state index contributed by atoms with van der Waals surface area (Å²) in [5.74, 6) is -1.04. The molecule has 5 heteroatoms. The minimum atomic E-state index is -1.27. The first kappa shape index (κ1) is 12.5.